The number of rotatable bonds is 7. The van der Waals surface area contributed by atoms with Gasteiger partial charge in [0.25, 0.3) is 0 Å². The van der Waals surface area contributed by atoms with Gasteiger partial charge in [0.2, 0.25) is 5.88 Å². The first-order chi connectivity index (χ1) is 9.25. The van der Waals surface area contributed by atoms with Crippen LogP contribution in [0.5, 0.6) is 5.88 Å². The smallest absolute Gasteiger partial charge is 0.245 e. The van der Waals surface area contributed by atoms with E-state index in [1.54, 1.807) is 0 Å². The maximum atomic E-state index is 9.73. The molecule has 0 amide bonds. The molecule has 2 rings (SSSR count). The van der Waals surface area contributed by atoms with E-state index in [4.69, 9.17) is 16.3 Å². The lowest BCUT2D eigenvalue weighted by atomic mass is 10.2. The Hall–Kier alpha value is -1.21. The Bertz CT molecular complexity index is 495. The van der Waals surface area contributed by atoms with E-state index in [0.29, 0.717) is 24.0 Å². The number of benzene rings is 1. The van der Waals surface area contributed by atoms with Gasteiger partial charge in [-0.25, -0.2) is 0 Å². The molecule has 2 N–H and O–H groups in total. The van der Waals surface area contributed by atoms with Crippen molar-refractivity contribution >= 4 is 23.3 Å². The van der Waals surface area contributed by atoms with Crippen LogP contribution in [0.4, 0.5) is 0 Å². The molecule has 2 aromatic rings. The first kappa shape index (κ1) is 14.2. The van der Waals surface area contributed by atoms with Gasteiger partial charge in [0.1, 0.15) is 18.9 Å². The molecule has 0 fully saturated rings. The number of ether oxygens (including phenoxy) is 1. The predicted octanol–water partition coefficient (Wildman–Crippen LogP) is 1.72. The van der Waals surface area contributed by atoms with Crippen LogP contribution in [0, 0.1) is 0 Å². The summed E-state index contributed by atoms with van der Waals surface area (Å²) >= 11 is 7.10. The van der Waals surface area contributed by atoms with Crippen LogP contribution >= 0.6 is 23.3 Å². The van der Waals surface area contributed by atoms with Crippen molar-refractivity contribution in [2.45, 2.75) is 12.6 Å². The standard InChI is InChI=1S/C12H14ClN3O2S/c13-11-4-2-1-3-9(11)5-14-6-10(17)8-18-12-7-15-19-16-12/h1-4,7,10,14,17H,5-6,8H2. The second-order valence-electron chi connectivity index (χ2n) is 3.93. The molecule has 0 spiro atoms. The second kappa shape index (κ2) is 7.40. The molecule has 19 heavy (non-hydrogen) atoms. The molecule has 102 valence electrons. The van der Waals surface area contributed by atoms with Crippen LogP contribution in [0.3, 0.4) is 0 Å². The lowest BCUT2D eigenvalue weighted by Crippen LogP contribution is -2.31. The maximum Gasteiger partial charge on any atom is 0.245 e. The van der Waals surface area contributed by atoms with Crippen LogP contribution in [-0.2, 0) is 6.54 Å². The van der Waals surface area contributed by atoms with E-state index in [1.165, 1.54) is 6.20 Å². The maximum absolute atomic E-state index is 9.73. The van der Waals surface area contributed by atoms with Gasteiger partial charge in [-0.05, 0) is 11.6 Å². The summed E-state index contributed by atoms with van der Waals surface area (Å²) in [5.41, 5.74) is 1.00. The summed E-state index contributed by atoms with van der Waals surface area (Å²) in [6.07, 6.45) is 0.915. The third kappa shape index (κ3) is 4.76. The summed E-state index contributed by atoms with van der Waals surface area (Å²) in [5, 5.41) is 13.6. The molecule has 1 aromatic carbocycles. The van der Waals surface area contributed by atoms with E-state index in [2.05, 4.69) is 14.1 Å². The van der Waals surface area contributed by atoms with Crippen LogP contribution in [0.1, 0.15) is 5.56 Å². The molecule has 0 saturated heterocycles. The van der Waals surface area contributed by atoms with E-state index in [-0.39, 0.29) is 6.61 Å². The fourth-order valence-corrected chi connectivity index (χ4v) is 2.04. The first-order valence-electron chi connectivity index (χ1n) is 5.78. The Labute approximate surface area is 120 Å². The fraction of sp³-hybridized carbons (Fsp3) is 0.333. The van der Waals surface area contributed by atoms with Gasteiger partial charge in [0.15, 0.2) is 0 Å². The minimum atomic E-state index is -0.607. The van der Waals surface area contributed by atoms with E-state index in [0.717, 1.165) is 17.3 Å². The molecule has 5 nitrogen and oxygen atoms in total. The van der Waals surface area contributed by atoms with Crippen molar-refractivity contribution < 1.29 is 9.84 Å². The molecular formula is C12H14ClN3O2S. The number of aliphatic hydroxyl groups excluding tert-OH is 1. The summed E-state index contributed by atoms with van der Waals surface area (Å²) in [4.78, 5) is 0. The summed E-state index contributed by atoms with van der Waals surface area (Å²) in [6.45, 7) is 1.21. The van der Waals surface area contributed by atoms with Crippen molar-refractivity contribution in [2.24, 2.45) is 0 Å². The lowest BCUT2D eigenvalue weighted by Gasteiger charge is -2.12. The largest absolute Gasteiger partial charge is 0.473 e. The first-order valence-corrected chi connectivity index (χ1v) is 6.89. The molecule has 0 aliphatic heterocycles. The van der Waals surface area contributed by atoms with Crippen LogP contribution < -0.4 is 10.1 Å². The molecule has 1 heterocycles. The second-order valence-corrected chi connectivity index (χ2v) is 4.90. The molecule has 1 atom stereocenters. The van der Waals surface area contributed by atoms with Crippen molar-refractivity contribution in [3.63, 3.8) is 0 Å². The number of aliphatic hydroxyl groups is 1. The number of nitrogens with one attached hydrogen (secondary N) is 1. The monoisotopic (exact) mass is 299 g/mol. The molecule has 0 saturated carbocycles. The third-order valence-electron chi connectivity index (χ3n) is 2.42. The van der Waals surface area contributed by atoms with Crippen molar-refractivity contribution in [2.75, 3.05) is 13.2 Å². The zero-order chi connectivity index (χ0) is 13.5. The van der Waals surface area contributed by atoms with Crippen molar-refractivity contribution in [1.82, 2.24) is 14.1 Å². The van der Waals surface area contributed by atoms with Crippen molar-refractivity contribution in [3.05, 3.63) is 41.0 Å². The Kier molecular flexibility index (Phi) is 5.53. The minimum absolute atomic E-state index is 0.181. The Morgan fingerprint density at radius 3 is 3.00 bits per heavy atom. The van der Waals surface area contributed by atoms with Gasteiger partial charge in [0, 0.05) is 18.1 Å². The molecule has 1 aromatic heterocycles. The van der Waals surface area contributed by atoms with Gasteiger partial charge in [0.05, 0.1) is 11.7 Å². The van der Waals surface area contributed by atoms with E-state index in [9.17, 15) is 5.11 Å². The zero-order valence-electron chi connectivity index (χ0n) is 10.1. The lowest BCUT2D eigenvalue weighted by molar-refractivity contribution is 0.104. The molecule has 0 aliphatic rings. The minimum Gasteiger partial charge on any atom is -0.473 e. The van der Waals surface area contributed by atoms with Crippen LogP contribution in [0.2, 0.25) is 5.02 Å². The van der Waals surface area contributed by atoms with Gasteiger partial charge in [-0.15, -0.1) is 4.37 Å². The van der Waals surface area contributed by atoms with Gasteiger partial charge < -0.3 is 15.2 Å². The predicted molar refractivity (Wildman–Crippen MR) is 74.6 cm³/mol. The molecule has 7 heteroatoms. The van der Waals surface area contributed by atoms with Crippen LogP contribution in [-0.4, -0.2) is 33.1 Å². The summed E-state index contributed by atoms with van der Waals surface area (Å²) in [6, 6.07) is 7.60. The molecule has 0 bridgehead atoms. The third-order valence-corrected chi connectivity index (χ3v) is 3.25. The number of hydrogen-bond donors (Lipinski definition) is 2. The molecule has 1 unspecified atom stereocenters. The zero-order valence-corrected chi connectivity index (χ0v) is 11.7. The van der Waals surface area contributed by atoms with Crippen LogP contribution in [0.15, 0.2) is 30.5 Å². The highest BCUT2D eigenvalue weighted by Gasteiger charge is 2.06. The van der Waals surface area contributed by atoms with Crippen LogP contribution in [0.25, 0.3) is 0 Å². The topological polar surface area (TPSA) is 67.3 Å². The summed E-state index contributed by atoms with van der Waals surface area (Å²) < 4.78 is 12.9. The number of nitrogens with zero attached hydrogens (tertiary/aromatic N) is 2. The SMILES string of the molecule is OC(CNCc1ccccc1Cl)COc1cnsn1. The molecular weight excluding hydrogens is 286 g/mol. The Morgan fingerprint density at radius 1 is 1.42 bits per heavy atom. The number of hydrogen-bond acceptors (Lipinski definition) is 6. The highest BCUT2D eigenvalue weighted by Crippen LogP contribution is 2.14. The van der Waals surface area contributed by atoms with Gasteiger partial charge in [-0.3, -0.25) is 0 Å². The average Bonchev–Trinajstić information content (AvgIpc) is 2.92. The summed E-state index contributed by atoms with van der Waals surface area (Å²) in [7, 11) is 0. The normalized spacial score (nSPS) is 12.3. The molecule has 0 radical (unpaired) electrons. The highest BCUT2D eigenvalue weighted by molar-refractivity contribution is 6.99. The summed E-state index contributed by atoms with van der Waals surface area (Å²) in [5.74, 6) is 0.440. The van der Waals surface area contributed by atoms with Crippen molar-refractivity contribution in [1.29, 1.82) is 0 Å². The van der Waals surface area contributed by atoms with Crippen molar-refractivity contribution in [3.8, 4) is 5.88 Å². The number of aromatic nitrogens is 2. The Balaban J connectivity index is 1.66. The van der Waals surface area contributed by atoms with E-state index < -0.39 is 6.10 Å². The van der Waals surface area contributed by atoms with E-state index in [1.807, 2.05) is 24.3 Å². The quantitative estimate of drug-likeness (QED) is 0.815. The van der Waals surface area contributed by atoms with E-state index >= 15 is 0 Å². The Morgan fingerprint density at radius 2 is 2.26 bits per heavy atom. The van der Waals surface area contributed by atoms with Gasteiger partial charge in [-0.2, -0.15) is 4.37 Å². The fourth-order valence-electron chi connectivity index (χ4n) is 1.48. The highest BCUT2D eigenvalue weighted by atomic mass is 35.5. The molecule has 0 aliphatic carbocycles. The van der Waals surface area contributed by atoms with Gasteiger partial charge >= 0.3 is 0 Å². The van der Waals surface area contributed by atoms with Gasteiger partial charge in [-0.1, -0.05) is 29.8 Å². The number of halogens is 1. The average molecular weight is 300 g/mol.